The van der Waals surface area contributed by atoms with E-state index in [1.54, 1.807) is 6.26 Å². The van der Waals surface area contributed by atoms with Gasteiger partial charge in [0, 0.05) is 17.8 Å². The van der Waals surface area contributed by atoms with Gasteiger partial charge in [-0.05, 0) is 18.4 Å². The van der Waals surface area contributed by atoms with Crippen molar-refractivity contribution in [2.24, 2.45) is 5.16 Å². The van der Waals surface area contributed by atoms with Gasteiger partial charge >= 0.3 is 6.09 Å². The molecule has 0 saturated carbocycles. The first-order valence-corrected chi connectivity index (χ1v) is 9.44. The van der Waals surface area contributed by atoms with Gasteiger partial charge in [0.15, 0.2) is 9.84 Å². The van der Waals surface area contributed by atoms with E-state index < -0.39 is 20.9 Å². The van der Waals surface area contributed by atoms with Crippen LogP contribution in [-0.4, -0.2) is 48.2 Å². The van der Waals surface area contributed by atoms with Crippen LogP contribution in [0.15, 0.2) is 29.4 Å². The van der Waals surface area contributed by atoms with Gasteiger partial charge in [-0.3, -0.25) is 20.3 Å². The van der Waals surface area contributed by atoms with E-state index in [1.807, 2.05) is 0 Å². The number of carbonyl (C=O) groups is 1. The second-order valence-corrected chi connectivity index (χ2v) is 7.82. The summed E-state index contributed by atoms with van der Waals surface area (Å²) in [5.41, 5.74) is 0.473. The minimum atomic E-state index is -3.20. The van der Waals surface area contributed by atoms with Crippen molar-refractivity contribution in [1.29, 1.82) is 0 Å². The largest absolute Gasteiger partial charge is 0.437 e. The first-order chi connectivity index (χ1) is 10.8. The molecule has 1 heterocycles. The van der Waals surface area contributed by atoms with Crippen LogP contribution in [0.1, 0.15) is 0 Å². The highest BCUT2D eigenvalue weighted by Gasteiger charge is 2.34. The molecule has 1 amide bonds. The average Bonchev–Trinajstić information content (AvgIpc) is 2.80. The van der Waals surface area contributed by atoms with E-state index >= 15 is 0 Å². The lowest BCUT2D eigenvalue weighted by Crippen LogP contribution is -2.17. The van der Waals surface area contributed by atoms with Crippen molar-refractivity contribution in [2.75, 3.05) is 23.1 Å². The fraction of sp³-hybridized carbons (Fsp3) is 0.333. The third-order valence-corrected chi connectivity index (χ3v) is 5.80. The summed E-state index contributed by atoms with van der Waals surface area (Å²) in [6.07, 6.45) is 0.841. The molecule has 1 aromatic carbocycles. The molecule has 1 aliphatic heterocycles. The summed E-state index contributed by atoms with van der Waals surface area (Å²) in [6.45, 7) is 0. The summed E-state index contributed by atoms with van der Waals surface area (Å²) in [5.74, 6) is -0.260. The molecule has 11 heteroatoms. The lowest BCUT2D eigenvalue weighted by Gasteiger charge is -2.05. The minimum Gasteiger partial charge on any atom is -0.298 e. The van der Waals surface area contributed by atoms with Crippen molar-refractivity contribution in [1.82, 2.24) is 0 Å². The molecule has 0 radical (unpaired) electrons. The van der Waals surface area contributed by atoms with Crippen LogP contribution in [0.4, 0.5) is 16.2 Å². The van der Waals surface area contributed by atoms with Crippen molar-refractivity contribution in [3.63, 3.8) is 0 Å². The molecule has 1 fully saturated rings. The molecule has 0 aromatic heterocycles. The third-order valence-electron chi connectivity index (χ3n) is 3.00. The molecule has 23 heavy (non-hydrogen) atoms. The molecule has 1 aromatic rings. The lowest BCUT2D eigenvalue weighted by molar-refractivity contribution is -0.384. The summed E-state index contributed by atoms with van der Waals surface area (Å²) in [6, 6.07) is 5.15. The third kappa shape index (κ3) is 4.66. The number of amides is 1. The summed E-state index contributed by atoms with van der Waals surface area (Å²) in [5, 5.41) is 16.1. The Hall–Kier alpha value is -2.14. The van der Waals surface area contributed by atoms with Crippen molar-refractivity contribution in [2.45, 2.75) is 5.25 Å². The van der Waals surface area contributed by atoms with Crippen molar-refractivity contribution in [3.8, 4) is 0 Å². The number of non-ortho nitro benzene ring substituents is 1. The molecule has 0 spiro atoms. The number of anilines is 1. The van der Waals surface area contributed by atoms with Crippen LogP contribution in [0, 0.1) is 10.1 Å². The molecular formula is C12H13N3O6S2. The molecular weight excluding hydrogens is 346 g/mol. The SMILES string of the molecule is CS[C@@H]1CS(=O)(=O)C/C1=N/OC(=O)Nc1ccc([N+](=O)[O-])cc1. The molecule has 124 valence electrons. The van der Waals surface area contributed by atoms with E-state index in [-0.39, 0.29) is 28.2 Å². The van der Waals surface area contributed by atoms with Gasteiger partial charge in [0.25, 0.3) is 5.69 Å². The number of thioether (sulfide) groups is 1. The van der Waals surface area contributed by atoms with Gasteiger partial charge in [-0.25, -0.2) is 13.2 Å². The maximum Gasteiger partial charge on any atom is 0.437 e. The number of nitrogens with zero attached hydrogens (tertiary/aromatic N) is 2. The number of rotatable bonds is 4. The predicted molar refractivity (Wildman–Crippen MR) is 86.6 cm³/mol. The van der Waals surface area contributed by atoms with E-state index in [4.69, 9.17) is 0 Å². The molecule has 0 bridgehead atoms. The minimum absolute atomic E-state index is 0.0274. The van der Waals surface area contributed by atoms with Gasteiger partial charge < -0.3 is 0 Å². The fourth-order valence-electron chi connectivity index (χ4n) is 1.90. The zero-order chi connectivity index (χ0) is 17.0. The second kappa shape index (κ2) is 6.96. The zero-order valence-electron chi connectivity index (χ0n) is 12.0. The van der Waals surface area contributed by atoms with Gasteiger partial charge in [0.05, 0.1) is 27.4 Å². The summed E-state index contributed by atoms with van der Waals surface area (Å²) in [4.78, 5) is 26.2. The number of hydrogen-bond acceptors (Lipinski definition) is 8. The van der Waals surface area contributed by atoms with Crippen LogP contribution in [0.2, 0.25) is 0 Å². The Bertz CT molecular complexity index is 745. The lowest BCUT2D eigenvalue weighted by atomic mass is 10.3. The number of benzene rings is 1. The zero-order valence-corrected chi connectivity index (χ0v) is 13.6. The summed E-state index contributed by atoms with van der Waals surface area (Å²) < 4.78 is 23.1. The average molecular weight is 359 g/mol. The quantitative estimate of drug-likeness (QED) is 0.492. The standard InChI is InChI=1S/C12H13N3O6S2/c1-22-11-7-23(19,20)6-10(11)14-21-12(16)13-8-2-4-9(5-3-8)15(17)18/h2-5,11H,6-7H2,1H3,(H,13,16)/b14-10-/t11-/m1/s1. The Labute approximate surface area is 136 Å². The number of nitro benzene ring substituents is 1. The number of nitro groups is 1. The number of oxime groups is 1. The highest BCUT2D eigenvalue weighted by Crippen LogP contribution is 2.21. The molecule has 9 nitrogen and oxygen atoms in total. The first-order valence-electron chi connectivity index (χ1n) is 6.33. The molecule has 2 rings (SSSR count). The van der Waals surface area contributed by atoms with E-state index in [1.165, 1.54) is 36.0 Å². The molecule has 1 N–H and O–H groups in total. The van der Waals surface area contributed by atoms with Crippen LogP contribution in [-0.2, 0) is 14.7 Å². The Kier molecular flexibility index (Phi) is 5.21. The molecule has 1 atom stereocenters. The topological polar surface area (TPSA) is 128 Å². The van der Waals surface area contributed by atoms with Crippen LogP contribution < -0.4 is 5.32 Å². The van der Waals surface area contributed by atoms with Crippen LogP contribution in [0.3, 0.4) is 0 Å². The van der Waals surface area contributed by atoms with E-state index in [2.05, 4.69) is 15.3 Å². The fourth-order valence-corrected chi connectivity index (χ4v) is 5.05. The van der Waals surface area contributed by atoms with Crippen LogP contribution >= 0.6 is 11.8 Å². The molecule has 0 aliphatic carbocycles. The molecule has 1 aliphatic rings. The first kappa shape index (κ1) is 17.2. The normalized spacial score (nSPS) is 21.1. The van der Waals surface area contributed by atoms with Gasteiger partial charge in [-0.1, -0.05) is 5.16 Å². The van der Waals surface area contributed by atoms with E-state index in [0.29, 0.717) is 5.69 Å². The van der Waals surface area contributed by atoms with E-state index in [0.717, 1.165) is 0 Å². The number of nitrogens with one attached hydrogen (secondary N) is 1. The summed E-state index contributed by atoms with van der Waals surface area (Å²) >= 11 is 1.32. The number of carbonyl (C=O) groups excluding carboxylic acids is 1. The van der Waals surface area contributed by atoms with Gasteiger partial charge in [0.2, 0.25) is 0 Å². The molecule has 0 unspecified atom stereocenters. The Morgan fingerprint density at radius 1 is 1.43 bits per heavy atom. The van der Waals surface area contributed by atoms with Gasteiger partial charge in [-0.2, -0.15) is 11.8 Å². The monoisotopic (exact) mass is 359 g/mol. The Morgan fingerprint density at radius 2 is 2.09 bits per heavy atom. The summed E-state index contributed by atoms with van der Waals surface area (Å²) in [7, 11) is -3.20. The van der Waals surface area contributed by atoms with Crippen molar-refractivity contribution < 1.29 is 23.0 Å². The van der Waals surface area contributed by atoms with E-state index in [9.17, 15) is 23.3 Å². The highest BCUT2D eigenvalue weighted by atomic mass is 32.2. The van der Waals surface area contributed by atoms with Crippen molar-refractivity contribution in [3.05, 3.63) is 34.4 Å². The van der Waals surface area contributed by atoms with Crippen molar-refractivity contribution >= 4 is 44.8 Å². The maximum absolute atomic E-state index is 11.6. The van der Waals surface area contributed by atoms with Crippen LogP contribution in [0.25, 0.3) is 0 Å². The second-order valence-electron chi connectivity index (χ2n) is 4.67. The predicted octanol–water partition coefficient (Wildman–Crippen LogP) is 1.66. The van der Waals surface area contributed by atoms with Crippen LogP contribution in [0.5, 0.6) is 0 Å². The smallest absolute Gasteiger partial charge is 0.298 e. The number of hydrogen-bond donors (Lipinski definition) is 1. The Morgan fingerprint density at radius 3 is 2.65 bits per heavy atom. The highest BCUT2D eigenvalue weighted by molar-refractivity contribution is 8.02. The molecule has 1 saturated heterocycles. The van der Waals surface area contributed by atoms with Gasteiger partial charge in [0.1, 0.15) is 0 Å². The maximum atomic E-state index is 11.6. The van der Waals surface area contributed by atoms with Gasteiger partial charge in [-0.15, -0.1) is 0 Å². The Balaban J connectivity index is 1.97. The number of sulfone groups is 1.